The van der Waals surface area contributed by atoms with E-state index in [1.54, 1.807) is 32.0 Å². The second-order valence-corrected chi connectivity index (χ2v) is 10.9. The van der Waals surface area contributed by atoms with Gasteiger partial charge in [0, 0.05) is 17.4 Å². The highest BCUT2D eigenvalue weighted by molar-refractivity contribution is 8.01. The predicted molar refractivity (Wildman–Crippen MR) is 116 cm³/mol. The number of ether oxygens (including phenoxy) is 2. The summed E-state index contributed by atoms with van der Waals surface area (Å²) in [6.45, 7) is 3.78. The van der Waals surface area contributed by atoms with Gasteiger partial charge in [-0.05, 0) is 42.8 Å². The molecule has 0 aromatic heterocycles. The van der Waals surface area contributed by atoms with Crippen LogP contribution in [0.3, 0.4) is 0 Å². The first-order valence-electron chi connectivity index (χ1n) is 9.73. The van der Waals surface area contributed by atoms with Crippen LogP contribution >= 0.6 is 11.8 Å². The van der Waals surface area contributed by atoms with Gasteiger partial charge in [0.05, 0.1) is 21.6 Å². The van der Waals surface area contributed by atoms with Crippen molar-refractivity contribution in [1.29, 1.82) is 0 Å². The van der Waals surface area contributed by atoms with Crippen molar-refractivity contribution in [3.8, 4) is 11.5 Å². The van der Waals surface area contributed by atoms with Gasteiger partial charge in [-0.25, -0.2) is 8.42 Å². The van der Waals surface area contributed by atoms with E-state index in [2.05, 4.69) is 10.6 Å². The molecule has 2 N–H and O–H groups in total. The van der Waals surface area contributed by atoms with E-state index in [9.17, 15) is 18.0 Å². The van der Waals surface area contributed by atoms with Crippen LogP contribution in [-0.2, 0) is 26.0 Å². The maximum absolute atomic E-state index is 12.9. The van der Waals surface area contributed by atoms with Crippen molar-refractivity contribution in [2.24, 2.45) is 5.92 Å². The number of hydrogen-bond donors (Lipinski definition) is 2. The molecule has 2 heterocycles. The number of amides is 2. The van der Waals surface area contributed by atoms with Crippen LogP contribution in [0.25, 0.3) is 0 Å². The van der Waals surface area contributed by atoms with Gasteiger partial charge < -0.3 is 20.1 Å². The van der Waals surface area contributed by atoms with Crippen LogP contribution in [0, 0.1) is 5.92 Å². The predicted octanol–water partition coefficient (Wildman–Crippen LogP) is 2.57. The number of fused-ring (bicyclic) bond motifs is 2. The summed E-state index contributed by atoms with van der Waals surface area (Å²) in [5.41, 5.74) is 1.30. The van der Waals surface area contributed by atoms with E-state index < -0.39 is 15.8 Å². The topological polar surface area (TPSA) is 111 Å². The number of carbonyl (C=O) groups is 2. The Kier molecular flexibility index (Phi) is 5.85. The summed E-state index contributed by atoms with van der Waals surface area (Å²) in [5, 5.41) is 5.26. The molecular weight excluding hydrogens is 440 g/mol. The van der Waals surface area contributed by atoms with Gasteiger partial charge in [0.1, 0.15) is 0 Å². The van der Waals surface area contributed by atoms with Gasteiger partial charge >= 0.3 is 0 Å². The average Bonchev–Trinajstić information content (AvgIpc) is 3.20. The van der Waals surface area contributed by atoms with Gasteiger partial charge in [0.15, 0.2) is 21.3 Å². The van der Waals surface area contributed by atoms with E-state index in [-0.39, 0.29) is 41.1 Å². The Morgan fingerprint density at radius 2 is 2.00 bits per heavy atom. The van der Waals surface area contributed by atoms with E-state index in [4.69, 9.17) is 9.47 Å². The number of benzene rings is 2. The van der Waals surface area contributed by atoms with Crippen molar-refractivity contribution >= 4 is 39.1 Å². The fourth-order valence-electron chi connectivity index (χ4n) is 3.30. The number of nitrogens with one attached hydrogen (secondary N) is 2. The van der Waals surface area contributed by atoms with E-state index >= 15 is 0 Å². The molecule has 164 valence electrons. The normalized spacial score (nSPS) is 18.1. The molecule has 2 aliphatic rings. The van der Waals surface area contributed by atoms with Gasteiger partial charge in [-0.2, -0.15) is 0 Å². The fraction of sp³-hybridized carbons (Fsp3) is 0.333. The summed E-state index contributed by atoms with van der Waals surface area (Å²) in [6.07, 6.45) is 0. The highest BCUT2D eigenvalue weighted by Crippen LogP contribution is 2.37. The lowest BCUT2D eigenvalue weighted by Crippen LogP contribution is -2.33. The third kappa shape index (κ3) is 4.64. The first kappa shape index (κ1) is 21.5. The fourth-order valence-corrected chi connectivity index (χ4v) is 5.80. The van der Waals surface area contributed by atoms with E-state index in [0.29, 0.717) is 17.2 Å². The molecule has 0 saturated carbocycles. The minimum Gasteiger partial charge on any atom is -0.454 e. The molecule has 2 aliphatic heterocycles. The highest BCUT2D eigenvalue weighted by atomic mass is 32.2. The third-order valence-corrected chi connectivity index (χ3v) is 8.15. The van der Waals surface area contributed by atoms with Crippen LogP contribution < -0.4 is 20.1 Å². The van der Waals surface area contributed by atoms with Crippen LogP contribution in [0.15, 0.2) is 46.2 Å². The first-order chi connectivity index (χ1) is 14.7. The van der Waals surface area contributed by atoms with Gasteiger partial charge in [-0.3, -0.25) is 9.59 Å². The minimum atomic E-state index is -3.72. The van der Waals surface area contributed by atoms with Gasteiger partial charge in [0.2, 0.25) is 18.6 Å². The molecule has 0 radical (unpaired) electrons. The molecule has 2 aromatic rings. The largest absolute Gasteiger partial charge is 0.454 e. The van der Waals surface area contributed by atoms with Crippen LogP contribution in [0.2, 0.25) is 0 Å². The molecule has 4 rings (SSSR count). The maximum atomic E-state index is 12.9. The summed E-state index contributed by atoms with van der Waals surface area (Å²) in [5.74, 6) is -0.340. The molecule has 0 saturated heterocycles. The quantitative estimate of drug-likeness (QED) is 0.679. The van der Waals surface area contributed by atoms with Crippen molar-refractivity contribution in [2.75, 3.05) is 17.9 Å². The number of sulfone groups is 1. The SMILES string of the molecule is C[C@@H]1Sc2ccc(S(=O)(=O)C[C@H](C)C(=O)NCc3ccc4c(c3)OCO4)cc2NC1=O. The van der Waals surface area contributed by atoms with E-state index in [1.807, 2.05) is 6.07 Å². The Morgan fingerprint density at radius 3 is 2.81 bits per heavy atom. The van der Waals surface area contributed by atoms with Gasteiger partial charge in [-0.15, -0.1) is 11.8 Å². The average molecular weight is 463 g/mol. The summed E-state index contributed by atoms with van der Waals surface area (Å²) >= 11 is 1.38. The van der Waals surface area contributed by atoms with E-state index in [0.717, 1.165) is 10.5 Å². The second-order valence-electron chi connectivity index (χ2n) is 7.50. The number of hydrogen-bond acceptors (Lipinski definition) is 7. The number of thioether (sulfide) groups is 1. The Balaban J connectivity index is 1.39. The molecule has 0 bridgehead atoms. The Morgan fingerprint density at radius 1 is 1.23 bits per heavy atom. The molecule has 0 spiro atoms. The highest BCUT2D eigenvalue weighted by Gasteiger charge is 2.27. The zero-order valence-electron chi connectivity index (χ0n) is 17.0. The molecule has 31 heavy (non-hydrogen) atoms. The number of rotatable bonds is 6. The van der Waals surface area contributed by atoms with Crippen LogP contribution in [0.5, 0.6) is 11.5 Å². The summed E-state index contributed by atoms with van der Waals surface area (Å²) < 4.78 is 36.3. The lowest BCUT2D eigenvalue weighted by Gasteiger charge is -2.22. The molecule has 0 unspecified atom stereocenters. The smallest absolute Gasteiger partial charge is 0.237 e. The molecule has 0 fully saturated rings. The second kappa shape index (κ2) is 8.43. The maximum Gasteiger partial charge on any atom is 0.237 e. The minimum absolute atomic E-state index is 0.0807. The monoisotopic (exact) mass is 462 g/mol. The molecule has 8 nitrogen and oxygen atoms in total. The molecule has 0 aliphatic carbocycles. The zero-order chi connectivity index (χ0) is 22.2. The molecule has 2 amide bonds. The van der Waals surface area contributed by atoms with Crippen molar-refractivity contribution in [1.82, 2.24) is 5.32 Å². The summed E-state index contributed by atoms with van der Waals surface area (Å²) in [4.78, 5) is 25.3. The Hall–Kier alpha value is -2.72. The molecule has 2 atom stereocenters. The molecule has 10 heteroatoms. The van der Waals surface area contributed by atoms with Gasteiger partial charge in [-0.1, -0.05) is 13.0 Å². The van der Waals surface area contributed by atoms with Crippen LogP contribution in [-0.4, -0.2) is 38.0 Å². The number of carbonyl (C=O) groups excluding carboxylic acids is 2. The lowest BCUT2D eigenvalue weighted by atomic mass is 10.1. The van der Waals surface area contributed by atoms with Crippen molar-refractivity contribution in [3.63, 3.8) is 0 Å². The first-order valence-corrected chi connectivity index (χ1v) is 12.3. The zero-order valence-corrected chi connectivity index (χ0v) is 18.6. The molecule has 2 aromatic carbocycles. The summed E-state index contributed by atoms with van der Waals surface area (Å²) in [7, 11) is -3.72. The van der Waals surface area contributed by atoms with Crippen molar-refractivity contribution < 1.29 is 27.5 Å². The Bertz CT molecular complexity index is 1150. The Labute approximate surface area is 184 Å². The number of anilines is 1. The van der Waals surface area contributed by atoms with Crippen molar-refractivity contribution in [3.05, 3.63) is 42.0 Å². The van der Waals surface area contributed by atoms with E-state index in [1.165, 1.54) is 23.9 Å². The lowest BCUT2D eigenvalue weighted by molar-refractivity contribution is -0.124. The standard InChI is InChI=1S/C21H22N2O6S2/c1-12(20(24)22-9-14-3-5-17-18(7-14)29-11-28-17)10-31(26,27)15-4-6-19-16(8-15)23-21(25)13(2)30-19/h3-8,12-13H,9-11H2,1-2H3,(H,22,24)(H,23,25)/t12-,13-/m0/s1. The van der Waals surface area contributed by atoms with Crippen LogP contribution in [0.4, 0.5) is 5.69 Å². The van der Waals surface area contributed by atoms with Crippen LogP contribution in [0.1, 0.15) is 19.4 Å². The van der Waals surface area contributed by atoms with Crippen molar-refractivity contribution in [2.45, 2.75) is 35.4 Å². The summed E-state index contributed by atoms with van der Waals surface area (Å²) in [6, 6.07) is 10.0. The third-order valence-electron chi connectivity index (χ3n) is 5.06. The molecular formula is C21H22N2O6S2. The van der Waals surface area contributed by atoms with Gasteiger partial charge in [0.25, 0.3) is 0 Å².